The SMILES string of the molecule is O=C(O)c1cn2c(C(=O)O)c(O)ccc2n1. The minimum atomic E-state index is -1.36. The van der Waals surface area contributed by atoms with E-state index in [4.69, 9.17) is 10.2 Å². The number of hydrogen-bond donors (Lipinski definition) is 3. The molecule has 0 bridgehead atoms. The molecule has 0 aliphatic carbocycles. The first-order valence-corrected chi connectivity index (χ1v) is 4.18. The maximum atomic E-state index is 10.9. The van der Waals surface area contributed by atoms with E-state index in [0.717, 1.165) is 16.7 Å². The molecule has 82 valence electrons. The zero-order valence-corrected chi connectivity index (χ0v) is 7.78. The van der Waals surface area contributed by atoms with Gasteiger partial charge in [0.1, 0.15) is 11.4 Å². The summed E-state index contributed by atoms with van der Waals surface area (Å²) in [6, 6.07) is 2.48. The van der Waals surface area contributed by atoms with E-state index in [-0.39, 0.29) is 11.3 Å². The number of aromatic nitrogens is 2. The summed E-state index contributed by atoms with van der Waals surface area (Å²) in [4.78, 5) is 25.2. The van der Waals surface area contributed by atoms with Crippen molar-refractivity contribution in [3.63, 3.8) is 0 Å². The third-order valence-corrected chi connectivity index (χ3v) is 2.03. The van der Waals surface area contributed by atoms with Crippen LogP contribution >= 0.6 is 0 Å². The van der Waals surface area contributed by atoms with Gasteiger partial charge in [0, 0.05) is 6.20 Å². The lowest BCUT2D eigenvalue weighted by Gasteiger charge is -2.01. The van der Waals surface area contributed by atoms with Gasteiger partial charge < -0.3 is 15.3 Å². The fourth-order valence-electron chi connectivity index (χ4n) is 1.36. The van der Waals surface area contributed by atoms with Crippen molar-refractivity contribution in [3.05, 3.63) is 29.7 Å². The zero-order chi connectivity index (χ0) is 11.9. The molecule has 0 radical (unpaired) electrons. The van der Waals surface area contributed by atoms with Gasteiger partial charge in [-0.25, -0.2) is 14.6 Å². The smallest absolute Gasteiger partial charge is 0.356 e. The van der Waals surface area contributed by atoms with Crippen molar-refractivity contribution in [3.8, 4) is 5.75 Å². The lowest BCUT2D eigenvalue weighted by atomic mass is 10.3. The van der Waals surface area contributed by atoms with Crippen LogP contribution in [0.2, 0.25) is 0 Å². The van der Waals surface area contributed by atoms with Gasteiger partial charge in [0.05, 0.1) is 0 Å². The lowest BCUT2D eigenvalue weighted by Crippen LogP contribution is -2.04. The van der Waals surface area contributed by atoms with Gasteiger partial charge in [-0.15, -0.1) is 0 Å². The minimum absolute atomic E-state index is 0.146. The van der Waals surface area contributed by atoms with Gasteiger partial charge in [0.15, 0.2) is 11.4 Å². The van der Waals surface area contributed by atoms with E-state index >= 15 is 0 Å². The first kappa shape index (κ1) is 9.97. The van der Waals surface area contributed by atoms with Crippen molar-refractivity contribution >= 4 is 17.6 Å². The average Bonchev–Trinajstić information content (AvgIpc) is 2.60. The van der Waals surface area contributed by atoms with E-state index in [1.807, 2.05) is 0 Å². The summed E-state index contributed by atoms with van der Waals surface area (Å²) in [5, 5.41) is 26.9. The van der Waals surface area contributed by atoms with Crippen molar-refractivity contribution in [2.75, 3.05) is 0 Å². The molecule has 0 amide bonds. The molecule has 3 N–H and O–H groups in total. The molecule has 0 aromatic carbocycles. The Morgan fingerprint density at radius 2 is 1.88 bits per heavy atom. The Morgan fingerprint density at radius 3 is 2.44 bits per heavy atom. The van der Waals surface area contributed by atoms with E-state index in [2.05, 4.69) is 4.98 Å². The highest BCUT2D eigenvalue weighted by atomic mass is 16.4. The Morgan fingerprint density at radius 1 is 1.19 bits per heavy atom. The summed E-state index contributed by atoms with van der Waals surface area (Å²) in [6.45, 7) is 0. The van der Waals surface area contributed by atoms with Crippen molar-refractivity contribution < 1.29 is 24.9 Å². The van der Waals surface area contributed by atoms with Crippen molar-refractivity contribution in [1.29, 1.82) is 0 Å². The van der Waals surface area contributed by atoms with Crippen LogP contribution in [0.1, 0.15) is 21.0 Å². The van der Waals surface area contributed by atoms with Crippen molar-refractivity contribution in [2.24, 2.45) is 0 Å². The maximum Gasteiger partial charge on any atom is 0.356 e. The Bertz CT molecular complexity index is 601. The number of aromatic hydroxyl groups is 1. The molecule has 0 aliphatic rings. The highest BCUT2D eigenvalue weighted by Gasteiger charge is 2.17. The highest BCUT2D eigenvalue weighted by Crippen LogP contribution is 2.19. The molecule has 0 atom stereocenters. The van der Waals surface area contributed by atoms with Crippen LogP contribution in [0, 0.1) is 0 Å². The van der Waals surface area contributed by atoms with E-state index in [1.54, 1.807) is 0 Å². The highest BCUT2D eigenvalue weighted by molar-refractivity contribution is 5.91. The largest absolute Gasteiger partial charge is 0.505 e. The summed E-state index contributed by atoms with van der Waals surface area (Å²) < 4.78 is 1.01. The van der Waals surface area contributed by atoms with Gasteiger partial charge in [-0.1, -0.05) is 0 Å². The predicted molar refractivity (Wildman–Crippen MR) is 50.8 cm³/mol. The fourth-order valence-corrected chi connectivity index (χ4v) is 1.36. The molecule has 7 heteroatoms. The van der Waals surface area contributed by atoms with Gasteiger partial charge in [0.2, 0.25) is 0 Å². The molecular weight excluding hydrogens is 216 g/mol. The number of pyridine rings is 1. The molecule has 7 nitrogen and oxygen atoms in total. The van der Waals surface area contributed by atoms with Crippen molar-refractivity contribution in [2.45, 2.75) is 0 Å². The van der Waals surface area contributed by atoms with E-state index in [9.17, 15) is 14.7 Å². The summed E-state index contributed by atoms with van der Waals surface area (Å²) in [7, 11) is 0. The second-order valence-corrected chi connectivity index (χ2v) is 3.03. The number of aromatic carboxylic acids is 2. The summed E-state index contributed by atoms with van der Waals surface area (Å²) in [5.41, 5.74) is -0.557. The summed E-state index contributed by atoms with van der Waals surface area (Å²) in [6.07, 6.45) is 1.04. The van der Waals surface area contributed by atoms with Crippen LogP contribution in [0.25, 0.3) is 5.65 Å². The quantitative estimate of drug-likeness (QED) is 0.679. The predicted octanol–water partition coefficient (Wildman–Crippen LogP) is 0.436. The number of carbonyl (C=O) groups is 2. The average molecular weight is 222 g/mol. The minimum Gasteiger partial charge on any atom is -0.505 e. The molecule has 0 saturated carbocycles. The normalized spacial score (nSPS) is 10.5. The first-order chi connectivity index (χ1) is 7.50. The van der Waals surface area contributed by atoms with Crippen LogP contribution < -0.4 is 0 Å². The Balaban J connectivity index is 2.82. The molecule has 0 fully saturated rings. The van der Waals surface area contributed by atoms with E-state index < -0.39 is 23.4 Å². The van der Waals surface area contributed by atoms with Crippen molar-refractivity contribution in [1.82, 2.24) is 9.38 Å². The van der Waals surface area contributed by atoms with Crippen LogP contribution in [0.5, 0.6) is 5.75 Å². The molecule has 16 heavy (non-hydrogen) atoms. The van der Waals surface area contributed by atoms with Crippen LogP contribution in [0.4, 0.5) is 0 Å². The second-order valence-electron chi connectivity index (χ2n) is 3.03. The van der Waals surface area contributed by atoms with Gasteiger partial charge in [-0.3, -0.25) is 4.40 Å². The standard InChI is InChI=1S/C9H6N2O5/c12-5-1-2-6-10-4(8(13)14)3-11(6)7(5)9(15)16/h1-3,12H,(H,13,14)(H,15,16). The number of nitrogens with zero attached hydrogens (tertiary/aromatic N) is 2. The zero-order valence-electron chi connectivity index (χ0n) is 7.78. The molecule has 2 rings (SSSR count). The molecule has 0 unspecified atom stereocenters. The molecule has 2 aromatic rings. The number of imidazole rings is 1. The molecular formula is C9H6N2O5. The number of carboxylic acids is 2. The Labute approximate surface area is 88.2 Å². The number of hydrogen-bond acceptors (Lipinski definition) is 4. The third kappa shape index (κ3) is 1.34. The summed E-state index contributed by atoms with van der Waals surface area (Å²) in [5.74, 6) is -3.08. The van der Waals surface area contributed by atoms with Crippen LogP contribution in [-0.4, -0.2) is 36.6 Å². The molecule has 2 heterocycles. The Hall–Kier alpha value is -2.57. The van der Waals surface area contributed by atoms with Crippen LogP contribution in [0.3, 0.4) is 0 Å². The number of rotatable bonds is 2. The number of fused-ring (bicyclic) bond motifs is 1. The fraction of sp³-hybridized carbons (Fsp3) is 0. The monoisotopic (exact) mass is 222 g/mol. The molecule has 0 aliphatic heterocycles. The molecule has 0 spiro atoms. The second kappa shape index (κ2) is 3.23. The number of carboxylic acid groups (broad SMARTS) is 2. The van der Waals surface area contributed by atoms with Gasteiger partial charge >= 0.3 is 11.9 Å². The third-order valence-electron chi connectivity index (χ3n) is 2.03. The van der Waals surface area contributed by atoms with E-state index in [0.29, 0.717) is 0 Å². The molecule has 0 saturated heterocycles. The van der Waals surface area contributed by atoms with Gasteiger partial charge in [0.25, 0.3) is 0 Å². The van der Waals surface area contributed by atoms with Crippen LogP contribution in [0.15, 0.2) is 18.3 Å². The van der Waals surface area contributed by atoms with E-state index in [1.165, 1.54) is 6.07 Å². The van der Waals surface area contributed by atoms with Crippen LogP contribution in [-0.2, 0) is 0 Å². The molecule has 2 aromatic heterocycles. The maximum absolute atomic E-state index is 10.9. The first-order valence-electron chi connectivity index (χ1n) is 4.18. The topological polar surface area (TPSA) is 112 Å². The van der Waals surface area contributed by atoms with Gasteiger partial charge in [-0.2, -0.15) is 0 Å². The lowest BCUT2D eigenvalue weighted by molar-refractivity contribution is 0.0674. The summed E-state index contributed by atoms with van der Waals surface area (Å²) >= 11 is 0. The Kier molecular flexibility index (Phi) is 2.01. The van der Waals surface area contributed by atoms with Gasteiger partial charge in [-0.05, 0) is 12.1 Å².